The zero-order valence-corrected chi connectivity index (χ0v) is 16.4. The van der Waals surface area contributed by atoms with E-state index in [4.69, 9.17) is 5.73 Å². The summed E-state index contributed by atoms with van der Waals surface area (Å²) < 4.78 is 36.5. The Morgan fingerprint density at radius 1 is 1.48 bits per heavy atom. The summed E-state index contributed by atoms with van der Waals surface area (Å²) >= 11 is 0. The van der Waals surface area contributed by atoms with Crippen LogP contribution in [-0.2, 0) is 21.2 Å². The number of hydrogen-bond donors (Lipinski definition) is 1. The number of amides is 2. The van der Waals surface area contributed by atoms with Crippen molar-refractivity contribution in [3.8, 4) is 0 Å². The molecule has 2 bridgehead atoms. The quantitative estimate of drug-likeness (QED) is 0.185. The molecule has 0 saturated carbocycles. The minimum atomic E-state index is -5.00. The van der Waals surface area contributed by atoms with Gasteiger partial charge in [-0.1, -0.05) is 6.07 Å². The van der Waals surface area contributed by atoms with Crippen molar-refractivity contribution in [3.63, 3.8) is 0 Å². The average Bonchev–Trinajstić information content (AvgIpc) is 2.77. The molecule has 0 radical (unpaired) electrons. The summed E-state index contributed by atoms with van der Waals surface area (Å²) in [4.78, 5) is 21.9. The van der Waals surface area contributed by atoms with Crippen molar-refractivity contribution < 1.29 is 51.6 Å². The van der Waals surface area contributed by atoms with Gasteiger partial charge in [-0.15, -0.1) is 0 Å². The summed E-state index contributed by atoms with van der Waals surface area (Å²) in [6.45, 7) is 0.568. The van der Waals surface area contributed by atoms with Gasteiger partial charge >= 0.3 is 35.6 Å². The van der Waals surface area contributed by atoms with E-state index in [9.17, 15) is 17.8 Å². The van der Waals surface area contributed by atoms with Crippen LogP contribution in [0.2, 0.25) is 0 Å². The van der Waals surface area contributed by atoms with Crippen molar-refractivity contribution in [2.45, 2.75) is 31.5 Å². The van der Waals surface area contributed by atoms with E-state index in [0.717, 1.165) is 5.56 Å². The largest absolute Gasteiger partial charge is 1.00 e. The molecular weight excluding hydrogens is 361 g/mol. The minimum absolute atomic E-state index is 0. The third-order valence-corrected chi connectivity index (χ3v) is 4.35. The molecule has 2 aliphatic heterocycles. The summed E-state index contributed by atoms with van der Waals surface area (Å²) in [6, 6.07) is 2.02. The first kappa shape index (κ1) is 20.1. The number of nitrogens with zero attached hydrogens (tertiary/aromatic N) is 4. The number of carbonyl (C=O) groups excluding carboxylic acids is 1. The number of aromatic nitrogens is 1. The Bertz CT molecular complexity index is 759. The minimum Gasteiger partial charge on any atom is -0.724 e. The maximum absolute atomic E-state index is 12.3. The molecule has 0 unspecified atom stereocenters. The van der Waals surface area contributed by atoms with E-state index in [-0.39, 0.29) is 41.9 Å². The molecule has 2 fully saturated rings. The first-order valence-corrected chi connectivity index (χ1v) is 8.62. The van der Waals surface area contributed by atoms with E-state index in [2.05, 4.69) is 14.3 Å². The molecule has 10 nitrogen and oxygen atoms in total. The van der Waals surface area contributed by atoms with Crippen LogP contribution < -0.4 is 35.3 Å². The van der Waals surface area contributed by atoms with E-state index >= 15 is 0 Å². The Morgan fingerprint density at radius 3 is 2.88 bits per heavy atom. The number of hydrogen-bond acceptors (Lipinski definition) is 7. The van der Waals surface area contributed by atoms with Gasteiger partial charge in [-0.05, 0) is 24.5 Å². The smallest absolute Gasteiger partial charge is 0.724 e. The van der Waals surface area contributed by atoms with Crippen LogP contribution in [0.25, 0.3) is 0 Å². The van der Waals surface area contributed by atoms with Crippen molar-refractivity contribution in [1.82, 2.24) is 14.9 Å². The number of rotatable bonds is 5. The molecule has 2 N–H and O–H groups in total. The maximum Gasteiger partial charge on any atom is 1.00 e. The Balaban J connectivity index is 0.00000225. The van der Waals surface area contributed by atoms with E-state index < -0.39 is 28.5 Å². The third-order valence-electron chi connectivity index (χ3n) is 4.00. The number of nitrogens with two attached hydrogens (primary N) is 1. The second-order valence-electron chi connectivity index (χ2n) is 5.59. The predicted molar refractivity (Wildman–Crippen MR) is 81.1 cm³/mol. The van der Waals surface area contributed by atoms with Crippen LogP contribution in [-0.4, -0.2) is 58.4 Å². The Morgan fingerprint density at radius 2 is 2.24 bits per heavy atom. The van der Waals surface area contributed by atoms with Gasteiger partial charge in [-0.25, -0.2) is 13.2 Å². The van der Waals surface area contributed by atoms with Crippen molar-refractivity contribution in [1.29, 1.82) is 0 Å². The molecule has 2 aliphatic rings. The molecule has 25 heavy (non-hydrogen) atoms. The second kappa shape index (κ2) is 7.98. The maximum atomic E-state index is 12.3. The van der Waals surface area contributed by atoms with Gasteiger partial charge in [0.25, 0.3) is 0 Å². The molecule has 3 heterocycles. The molecule has 2 atom stereocenters. The molecule has 1 aromatic heterocycles. The van der Waals surface area contributed by atoms with Crippen LogP contribution >= 0.6 is 0 Å². The monoisotopic (exact) mass is 377 g/mol. The molecule has 2 amide bonds. The summed E-state index contributed by atoms with van der Waals surface area (Å²) in [5, 5.41) is 0.622. The van der Waals surface area contributed by atoms with Crippen LogP contribution in [0.3, 0.4) is 0 Å². The number of hydroxylamine groups is 2. The summed E-state index contributed by atoms with van der Waals surface area (Å²) in [5.41, 5.74) is 6.89. The fourth-order valence-electron chi connectivity index (χ4n) is 2.92. The van der Waals surface area contributed by atoms with Gasteiger partial charge in [-0.2, -0.15) is 9.35 Å². The Kier molecular flexibility index (Phi) is 6.40. The fraction of sp³-hybridized carbons (Fsp3) is 0.462. The molecule has 0 spiro atoms. The zero-order valence-electron chi connectivity index (χ0n) is 13.6. The van der Waals surface area contributed by atoms with Crippen LogP contribution in [0.4, 0.5) is 4.79 Å². The second-order valence-corrected chi connectivity index (χ2v) is 6.56. The molecule has 2 saturated heterocycles. The molecular formula is C13H16N5NaO5S. The number of piperidine rings is 1. The van der Waals surface area contributed by atoms with Gasteiger partial charge in [0.15, 0.2) is 0 Å². The first-order valence-electron chi connectivity index (χ1n) is 7.29. The summed E-state index contributed by atoms with van der Waals surface area (Å²) in [7, 11) is -5.00. The SMILES string of the molecule is NC(=NCc1cccnc1)[C@@H]1CC[C@@H]2CN1C(=O)N2OS(=O)(=O)[O-].[Na+]. The Labute approximate surface area is 167 Å². The standard InChI is InChI=1S/C13H17N5O5S.Na/c14-12(16-7-9-2-1-5-15-6-9)11-4-3-10-8-17(11)13(19)18(10)23-24(20,21)22;/h1-2,5-6,10-11H,3-4,7-8H2,(H2,14,16)(H,20,21,22);/q;+1/p-1/t10-,11+;/m1./s1. The number of amidine groups is 1. The van der Waals surface area contributed by atoms with Gasteiger partial charge in [0.05, 0.1) is 18.6 Å². The van der Waals surface area contributed by atoms with E-state index in [0.29, 0.717) is 24.4 Å². The molecule has 3 rings (SSSR count). The van der Waals surface area contributed by atoms with Crippen molar-refractivity contribution in [2.75, 3.05) is 6.54 Å². The van der Waals surface area contributed by atoms with Crippen LogP contribution in [0, 0.1) is 0 Å². The van der Waals surface area contributed by atoms with Crippen LogP contribution in [0.1, 0.15) is 18.4 Å². The van der Waals surface area contributed by atoms with Crippen molar-refractivity contribution in [2.24, 2.45) is 10.7 Å². The number of carbonyl (C=O) groups is 1. The van der Waals surface area contributed by atoms with Gasteiger partial charge in [0.2, 0.25) is 10.4 Å². The molecule has 0 aliphatic carbocycles. The normalized spacial score (nSPS) is 23.6. The number of aliphatic imine (C=N–C) groups is 1. The molecule has 130 valence electrons. The number of urea groups is 1. The molecule has 1 aromatic rings. The van der Waals surface area contributed by atoms with Gasteiger partial charge in [-0.3, -0.25) is 9.98 Å². The van der Waals surface area contributed by atoms with Gasteiger partial charge in [0, 0.05) is 18.9 Å². The van der Waals surface area contributed by atoms with Crippen molar-refractivity contribution >= 4 is 22.3 Å². The van der Waals surface area contributed by atoms with E-state index in [1.807, 2.05) is 6.07 Å². The van der Waals surface area contributed by atoms with Gasteiger partial charge in [0.1, 0.15) is 5.84 Å². The zero-order chi connectivity index (χ0) is 17.3. The van der Waals surface area contributed by atoms with Crippen LogP contribution in [0.15, 0.2) is 29.5 Å². The fourth-order valence-corrected chi connectivity index (χ4v) is 3.30. The van der Waals surface area contributed by atoms with Crippen LogP contribution in [0.5, 0.6) is 0 Å². The topological polar surface area (TPSA) is 141 Å². The van der Waals surface area contributed by atoms with Gasteiger partial charge < -0.3 is 15.2 Å². The van der Waals surface area contributed by atoms with E-state index in [1.54, 1.807) is 18.5 Å². The Hall–Kier alpha value is -1.24. The first-order chi connectivity index (χ1) is 11.3. The third kappa shape index (κ3) is 4.68. The summed E-state index contributed by atoms with van der Waals surface area (Å²) in [5.74, 6) is 0.275. The number of fused-ring (bicyclic) bond motifs is 2. The molecule has 0 aromatic carbocycles. The summed E-state index contributed by atoms with van der Waals surface area (Å²) in [6.07, 6.45) is 4.30. The van der Waals surface area contributed by atoms with Crippen molar-refractivity contribution in [3.05, 3.63) is 30.1 Å². The predicted octanol–water partition coefficient (Wildman–Crippen LogP) is -3.40. The molecule has 12 heteroatoms. The number of pyridine rings is 1. The van der Waals surface area contributed by atoms with E-state index in [1.165, 1.54) is 4.90 Å². The average molecular weight is 377 g/mol.